The molecule has 96 valence electrons. The number of alkyl halides is 8. The van der Waals surface area contributed by atoms with Crippen molar-refractivity contribution in [2.24, 2.45) is 0 Å². The molecule has 0 saturated carbocycles. The van der Waals surface area contributed by atoms with Crippen LogP contribution in [0.25, 0.3) is 0 Å². The largest absolute Gasteiger partial charge is 0.325 e. The van der Waals surface area contributed by atoms with E-state index in [0.717, 1.165) is 0 Å². The minimum Gasteiger partial charge on any atom is -0.203 e. The van der Waals surface area contributed by atoms with Gasteiger partial charge in [-0.05, 0) is 12.2 Å². The summed E-state index contributed by atoms with van der Waals surface area (Å²) in [5.41, 5.74) is 0. The van der Waals surface area contributed by atoms with Crippen molar-refractivity contribution in [3.8, 4) is 0 Å². The molecule has 16 heavy (non-hydrogen) atoms. The Morgan fingerprint density at radius 3 is 0.875 bits per heavy atom. The third-order valence-corrected chi connectivity index (χ3v) is 1.13. The predicted octanol–water partition coefficient (Wildman–Crippen LogP) is 4.15. The second-order valence-electron chi connectivity index (χ2n) is 2.36. The fraction of sp³-hybridized carbons (Fsp3) is 0.500. The zero-order chi connectivity index (χ0) is 13.6. The first-order valence-electron chi connectivity index (χ1n) is 3.60. The van der Waals surface area contributed by atoms with Gasteiger partial charge in [0.1, 0.15) is 0 Å². The Balaban J connectivity index is 0. The fourth-order valence-electron chi connectivity index (χ4n) is 0.178. The van der Waals surface area contributed by atoms with Crippen LogP contribution in [0.3, 0.4) is 0 Å². The molecule has 0 unspecified atom stereocenters. The average Bonchev–Trinajstić information content (AvgIpc) is 2.18. The van der Waals surface area contributed by atoms with Gasteiger partial charge in [-0.25, -0.2) is 17.6 Å². The highest BCUT2D eigenvalue weighted by atomic mass is 19.3. The molecule has 0 aliphatic heterocycles. The Hall–Kier alpha value is -1.08. The Kier molecular flexibility index (Phi) is 7.03. The van der Waals surface area contributed by atoms with Crippen LogP contribution in [0.1, 0.15) is 0 Å². The second kappa shape index (κ2) is 6.49. The maximum atomic E-state index is 11.4. The van der Waals surface area contributed by atoms with Gasteiger partial charge in [0.15, 0.2) is 0 Å². The first-order chi connectivity index (χ1) is 7.01. The molecule has 0 radical (unpaired) electrons. The van der Waals surface area contributed by atoms with Gasteiger partial charge in [0, 0.05) is 0 Å². The molecule has 8 heteroatoms. The van der Waals surface area contributed by atoms with Crippen LogP contribution in [0.2, 0.25) is 0 Å². The van der Waals surface area contributed by atoms with Gasteiger partial charge in [0.05, 0.1) is 0 Å². The molecule has 0 heterocycles. The van der Waals surface area contributed by atoms with E-state index in [1.54, 1.807) is 0 Å². The lowest BCUT2D eigenvalue weighted by Gasteiger charge is -2.07. The molecule has 0 aromatic heterocycles. The summed E-state index contributed by atoms with van der Waals surface area (Å²) in [7, 11) is 0. The minimum atomic E-state index is -4.03. The lowest BCUT2D eigenvalue weighted by molar-refractivity contribution is -0.0904. The zero-order valence-electron chi connectivity index (χ0n) is 7.75. The summed E-state index contributed by atoms with van der Waals surface area (Å²) in [6, 6.07) is 0. The molecule has 0 saturated heterocycles. The van der Waals surface area contributed by atoms with Crippen LogP contribution in [0.4, 0.5) is 35.1 Å². The predicted molar refractivity (Wildman–Crippen MR) is 42.3 cm³/mol. The van der Waals surface area contributed by atoms with Crippen LogP contribution in [-0.4, -0.2) is 24.7 Å². The highest BCUT2D eigenvalue weighted by molar-refractivity contribution is 4.89. The molecule has 0 atom stereocenters. The molecule has 0 aromatic rings. The van der Waals surface area contributed by atoms with E-state index in [-0.39, 0.29) is 12.2 Å². The summed E-state index contributed by atoms with van der Waals surface area (Å²) in [6.07, 6.45) is -7.42. The van der Waals surface area contributed by atoms with E-state index in [4.69, 9.17) is 0 Å². The summed E-state index contributed by atoms with van der Waals surface area (Å²) in [4.78, 5) is 0. The molecule has 0 spiro atoms. The van der Waals surface area contributed by atoms with Gasteiger partial charge in [-0.2, -0.15) is 17.6 Å². The molecule has 0 N–H and O–H groups in total. The summed E-state index contributed by atoms with van der Waals surface area (Å²) in [5.74, 6) is -8.06. The number of hydrogen-bond donors (Lipinski definition) is 0. The van der Waals surface area contributed by atoms with Gasteiger partial charge in [-0.3, -0.25) is 0 Å². The smallest absolute Gasteiger partial charge is 0.203 e. The van der Waals surface area contributed by atoms with Crippen molar-refractivity contribution < 1.29 is 35.1 Å². The van der Waals surface area contributed by atoms with Gasteiger partial charge in [-0.1, -0.05) is 13.2 Å². The maximum Gasteiger partial charge on any atom is 0.325 e. The van der Waals surface area contributed by atoms with Crippen molar-refractivity contribution in [2.45, 2.75) is 24.7 Å². The van der Waals surface area contributed by atoms with Crippen molar-refractivity contribution in [3.05, 3.63) is 25.3 Å². The summed E-state index contributed by atoms with van der Waals surface area (Å²) < 4.78 is 89.6. The molecule has 0 nitrogen and oxygen atoms in total. The number of hydrogen-bond acceptors (Lipinski definition) is 0. The summed E-state index contributed by atoms with van der Waals surface area (Å²) >= 11 is 0. The molecular weight excluding hydrogens is 248 g/mol. The van der Waals surface area contributed by atoms with E-state index < -0.39 is 24.7 Å². The standard InChI is InChI=1S/2C4H4F4/c2*1-2-4(7,8)3(5)6/h2*2-3H,1H2. The fourth-order valence-corrected chi connectivity index (χ4v) is 0.178. The van der Waals surface area contributed by atoms with Crippen LogP contribution < -0.4 is 0 Å². The molecule has 0 aliphatic carbocycles. The molecule has 0 rings (SSSR count). The van der Waals surface area contributed by atoms with E-state index in [9.17, 15) is 35.1 Å². The van der Waals surface area contributed by atoms with E-state index >= 15 is 0 Å². The summed E-state index contributed by atoms with van der Waals surface area (Å²) in [6.45, 7) is 5.05. The van der Waals surface area contributed by atoms with Crippen molar-refractivity contribution in [1.82, 2.24) is 0 Å². The van der Waals surface area contributed by atoms with Gasteiger partial charge in [0.25, 0.3) is 0 Å². The lowest BCUT2D eigenvalue weighted by Crippen LogP contribution is -2.22. The van der Waals surface area contributed by atoms with E-state index in [1.165, 1.54) is 0 Å². The molecule has 0 bridgehead atoms. The molecule has 0 fully saturated rings. The average molecular weight is 256 g/mol. The van der Waals surface area contributed by atoms with E-state index in [1.807, 2.05) is 0 Å². The topological polar surface area (TPSA) is 0 Å². The Bertz CT molecular complexity index is 196. The van der Waals surface area contributed by atoms with Crippen molar-refractivity contribution in [2.75, 3.05) is 0 Å². The number of allylic oxidation sites excluding steroid dienone is 2. The van der Waals surface area contributed by atoms with Crippen LogP contribution >= 0.6 is 0 Å². The molecule has 0 aliphatic rings. The van der Waals surface area contributed by atoms with Crippen molar-refractivity contribution >= 4 is 0 Å². The van der Waals surface area contributed by atoms with Crippen LogP contribution in [0, 0.1) is 0 Å². The quantitative estimate of drug-likeness (QED) is 0.523. The lowest BCUT2D eigenvalue weighted by atomic mass is 10.3. The van der Waals surface area contributed by atoms with Crippen LogP contribution in [-0.2, 0) is 0 Å². The minimum absolute atomic E-state index is 0.0718. The molecule has 0 aromatic carbocycles. The third-order valence-electron chi connectivity index (χ3n) is 1.13. The van der Waals surface area contributed by atoms with Gasteiger partial charge >= 0.3 is 24.7 Å². The third kappa shape index (κ3) is 6.41. The first-order valence-corrected chi connectivity index (χ1v) is 3.60. The molecular formula is C8H8F8. The normalized spacial score (nSPS) is 12.1. The zero-order valence-corrected chi connectivity index (χ0v) is 7.75. The number of rotatable bonds is 4. The van der Waals surface area contributed by atoms with Gasteiger partial charge in [-0.15, -0.1) is 0 Å². The maximum absolute atomic E-state index is 11.4. The second-order valence-corrected chi connectivity index (χ2v) is 2.36. The Morgan fingerprint density at radius 2 is 0.875 bits per heavy atom. The SMILES string of the molecule is C=CC(F)(F)C(F)F.C=CC(F)(F)C(F)F. The van der Waals surface area contributed by atoms with Crippen LogP contribution in [0.15, 0.2) is 25.3 Å². The summed E-state index contributed by atoms with van der Waals surface area (Å²) in [5, 5.41) is 0. The van der Waals surface area contributed by atoms with Crippen molar-refractivity contribution in [1.29, 1.82) is 0 Å². The van der Waals surface area contributed by atoms with Crippen molar-refractivity contribution in [3.63, 3.8) is 0 Å². The molecule has 0 amide bonds. The highest BCUT2D eigenvalue weighted by Gasteiger charge is 2.37. The van der Waals surface area contributed by atoms with Gasteiger partial charge < -0.3 is 0 Å². The Labute approximate surface area is 86.2 Å². The van der Waals surface area contributed by atoms with E-state index in [2.05, 4.69) is 13.2 Å². The number of halogens is 8. The highest BCUT2D eigenvalue weighted by Crippen LogP contribution is 2.23. The Morgan fingerprint density at radius 1 is 0.688 bits per heavy atom. The monoisotopic (exact) mass is 256 g/mol. The van der Waals surface area contributed by atoms with E-state index in [0.29, 0.717) is 0 Å². The first kappa shape index (κ1) is 17.3. The van der Waals surface area contributed by atoms with Gasteiger partial charge in [0.2, 0.25) is 0 Å². The van der Waals surface area contributed by atoms with Crippen LogP contribution in [0.5, 0.6) is 0 Å².